The smallest absolute Gasteiger partial charge is 0.349 e. The van der Waals surface area contributed by atoms with Crippen LogP contribution in [0.4, 0.5) is 0 Å². The Bertz CT molecular complexity index is 961. The lowest BCUT2D eigenvalue weighted by Gasteiger charge is -2.14. The minimum absolute atomic E-state index is 0.00564. The van der Waals surface area contributed by atoms with Crippen LogP contribution in [0.3, 0.4) is 0 Å². The van der Waals surface area contributed by atoms with Gasteiger partial charge in [0.1, 0.15) is 11.1 Å². The number of hydrogen-bond acceptors (Lipinski definition) is 3. The van der Waals surface area contributed by atoms with Gasteiger partial charge in [0.05, 0.1) is 6.04 Å². The summed E-state index contributed by atoms with van der Waals surface area (Å²) in [5, 5.41) is 4.16. The quantitative estimate of drug-likeness (QED) is 0.725. The summed E-state index contributed by atoms with van der Waals surface area (Å²) >= 11 is 5.87. The van der Waals surface area contributed by atoms with E-state index in [0.717, 1.165) is 16.5 Å². The van der Waals surface area contributed by atoms with Crippen LogP contribution in [0.15, 0.2) is 57.7 Å². The molecule has 1 aromatic heterocycles. The molecule has 0 aliphatic carbocycles. The minimum atomic E-state index is -0.646. The zero-order valence-electron chi connectivity index (χ0n) is 13.3. The van der Waals surface area contributed by atoms with E-state index in [1.807, 2.05) is 38.1 Å². The van der Waals surface area contributed by atoms with Gasteiger partial charge >= 0.3 is 5.63 Å². The standard InChI is InChI=1S/C19H16ClNO3/c1-11-3-8-17-14(9-11)10-16(19(23)24-17)18(22)21-12(2)13-4-6-15(20)7-5-13/h3-10,12H,1-2H3,(H,21,22). The molecular weight excluding hydrogens is 326 g/mol. The molecule has 4 nitrogen and oxygen atoms in total. The number of carbonyl (C=O) groups excluding carboxylic acids is 1. The van der Waals surface area contributed by atoms with Crippen LogP contribution in [0.1, 0.15) is 34.5 Å². The Morgan fingerprint density at radius 1 is 1.12 bits per heavy atom. The van der Waals surface area contributed by atoms with Crippen molar-refractivity contribution in [2.75, 3.05) is 0 Å². The van der Waals surface area contributed by atoms with Crippen LogP contribution in [0.25, 0.3) is 11.0 Å². The van der Waals surface area contributed by atoms with Crippen molar-refractivity contribution in [3.8, 4) is 0 Å². The lowest BCUT2D eigenvalue weighted by Crippen LogP contribution is -2.30. The van der Waals surface area contributed by atoms with Gasteiger partial charge in [0.25, 0.3) is 5.91 Å². The maximum atomic E-state index is 12.4. The van der Waals surface area contributed by atoms with Crippen LogP contribution in [-0.4, -0.2) is 5.91 Å². The van der Waals surface area contributed by atoms with Gasteiger partial charge in [0.15, 0.2) is 0 Å². The lowest BCUT2D eigenvalue weighted by molar-refractivity contribution is 0.0936. The first kappa shape index (κ1) is 16.3. The van der Waals surface area contributed by atoms with Crippen LogP contribution in [0, 0.1) is 6.92 Å². The van der Waals surface area contributed by atoms with Gasteiger partial charge in [-0.25, -0.2) is 4.79 Å². The summed E-state index contributed by atoms with van der Waals surface area (Å²) in [4.78, 5) is 24.5. The minimum Gasteiger partial charge on any atom is -0.422 e. The molecule has 0 aliphatic rings. The second-order valence-electron chi connectivity index (χ2n) is 5.74. The molecule has 0 saturated carbocycles. The largest absolute Gasteiger partial charge is 0.422 e. The van der Waals surface area contributed by atoms with Gasteiger partial charge in [0, 0.05) is 10.4 Å². The molecule has 0 aliphatic heterocycles. The maximum absolute atomic E-state index is 12.4. The molecule has 3 aromatic rings. The zero-order valence-corrected chi connectivity index (χ0v) is 14.1. The Morgan fingerprint density at radius 2 is 1.83 bits per heavy atom. The summed E-state index contributed by atoms with van der Waals surface area (Å²) in [6.07, 6.45) is 0. The summed E-state index contributed by atoms with van der Waals surface area (Å²) in [6, 6.07) is 13.9. The van der Waals surface area contributed by atoms with Gasteiger partial charge < -0.3 is 9.73 Å². The molecule has 0 bridgehead atoms. The van der Waals surface area contributed by atoms with E-state index in [2.05, 4.69) is 5.32 Å². The van der Waals surface area contributed by atoms with Gasteiger partial charge in [-0.3, -0.25) is 4.79 Å². The number of fused-ring (bicyclic) bond motifs is 1. The van der Waals surface area contributed by atoms with Gasteiger partial charge in [-0.2, -0.15) is 0 Å². The van der Waals surface area contributed by atoms with Crippen LogP contribution >= 0.6 is 11.6 Å². The fourth-order valence-electron chi connectivity index (χ4n) is 2.51. The topological polar surface area (TPSA) is 59.3 Å². The number of rotatable bonds is 3. The second kappa shape index (κ2) is 6.49. The summed E-state index contributed by atoms with van der Waals surface area (Å²) in [5.41, 5.74) is 1.74. The molecule has 3 rings (SSSR count). The van der Waals surface area contributed by atoms with Crippen LogP contribution in [0.2, 0.25) is 5.02 Å². The van der Waals surface area contributed by atoms with Crippen LogP contribution in [0.5, 0.6) is 0 Å². The first-order valence-electron chi connectivity index (χ1n) is 7.55. The van der Waals surface area contributed by atoms with E-state index in [9.17, 15) is 9.59 Å². The average molecular weight is 342 g/mol. The third-order valence-electron chi connectivity index (χ3n) is 3.85. The van der Waals surface area contributed by atoms with Crippen LogP contribution < -0.4 is 10.9 Å². The zero-order chi connectivity index (χ0) is 17.3. The third kappa shape index (κ3) is 3.34. The summed E-state index contributed by atoms with van der Waals surface area (Å²) < 4.78 is 5.24. The van der Waals surface area contributed by atoms with E-state index < -0.39 is 11.5 Å². The van der Waals surface area contributed by atoms with Crippen molar-refractivity contribution in [1.82, 2.24) is 5.32 Å². The molecular formula is C19H16ClNO3. The summed E-state index contributed by atoms with van der Waals surface area (Å²) in [6.45, 7) is 3.78. The molecule has 1 atom stereocenters. The molecule has 1 heterocycles. The number of aryl methyl sites for hydroxylation is 1. The Kier molecular flexibility index (Phi) is 4.40. The average Bonchev–Trinajstić information content (AvgIpc) is 2.55. The highest BCUT2D eigenvalue weighted by Gasteiger charge is 2.16. The number of carbonyl (C=O) groups is 1. The van der Waals surface area contributed by atoms with E-state index in [-0.39, 0.29) is 11.6 Å². The molecule has 1 N–H and O–H groups in total. The molecule has 0 radical (unpaired) electrons. The second-order valence-corrected chi connectivity index (χ2v) is 6.17. The Hall–Kier alpha value is -2.59. The highest BCUT2D eigenvalue weighted by atomic mass is 35.5. The van der Waals surface area contributed by atoms with Gasteiger partial charge in [0.2, 0.25) is 0 Å². The van der Waals surface area contributed by atoms with Crippen molar-refractivity contribution in [2.24, 2.45) is 0 Å². The fraction of sp³-hybridized carbons (Fsp3) is 0.158. The fourth-order valence-corrected chi connectivity index (χ4v) is 2.64. The van der Waals surface area contributed by atoms with Crippen molar-refractivity contribution >= 4 is 28.5 Å². The van der Waals surface area contributed by atoms with E-state index in [1.54, 1.807) is 24.3 Å². The van der Waals surface area contributed by atoms with E-state index in [1.165, 1.54) is 0 Å². The Balaban J connectivity index is 1.89. The van der Waals surface area contributed by atoms with E-state index >= 15 is 0 Å². The molecule has 0 fully saturated rings. The van der Waals surface area contributed by atoms with Crippen molar-refractivity contribution in [1.29, 1.82) is 0 Å². The summed E-state index contributed by atoms with van der Waals surface area (Å²) in [7, 11) is 0. The number of nitrogens with one attached hydrogen (secondary N) is 1. The Morgan fingerprint density at radius 3 is 2.54 bits per heavy atom. The summed E-state index contributed by atoms with van der Waals surface area (Å²) in [5.74, 6) is -0.463. The van der Waals surface area contributed by atoms with E-state index in [0.29, 0.717) is 10.6 Å². The molecule has 122 valence electrons. The predicted octanol–water partition coefficient (Wildman–Crippen LogP) is 4.25. The lowest BCUT2D eigenvalue weighted by atomic mass is 10.1. The molecule has 5 heteroatoms. The van der Waals surface area contributed by atoms with Gasteiger partial charge in [-0.1, -0.05) is 35.4 Å². The molecule has 0 saturated heterocycles. The van der Waals surface area contributed by atoms with Crippen molar-refractivity contribution in [3.05, 3.63) is 80.7 Å². The van der Waals surface area contributed by atoms with Gasteiger partial charge in [-0.05, 0) is 49.7 Å². The highest BCUT2D eigenvalue weighted by Crippen LogP contribution is 2.18. The monoisotopic (exact) mass is 341 g/mol. The first-order valence-corrected chi connectivity index (χ1v) is 7.92. The number of amides is 1. The van der Waals surface area contributed by atoms with Gasteiger partial charge in [-0.15, -0.1) is 0 Å². The van der Waals surface area contributed by atoms with E-state index in [4.69, 9.17) is 16.0 Å². The molecule has 2 aromatic carbocycles. The van der Waals surface area contributed by atoms with Crippen molar-refractivity contribution < 1.29 is 9.21 Å². The third-order valence-corrected chi connectivity index (χ3v) is 4.10. The molecule has 0 spiro atoms. The predicted molar refractivity (Wildman–Crippen MR) is 94.6 cm³/mol. The SMILES string of the molecule is Cc1ccc2oc(=O)c(C(=O)NC(C)c3ccc(Cl)cc3)cc2c1. The van der Waals surface area contributed by atoms with Crippen LogP contribution in [-0.2, 0) is 0 Å². The normalized spacial score (nSPS) is 12.1. The first-order chi connectivity index (χ1) is 11.4. The molecule has 1 amide bonds. The number of benzene rings is 2. The molecule has 1 unspecified atom stereocenters. The van der Waals surface area contributed by atoms with Crippen molar-refractivity contribution in [3.63, 3.8) is 0 Å². The number of hydrogen-bond donors (Lipinski definition) is 1. The number of halogens is 1. The highest BCUT2D eigenvalue weighted by molar-refractivity contribution is 6.30. The Labute approximate surface area is 144 Å². The maximum Gasteiger partial charge on any atom is 0.349 e. The molecule has 24 heavy (non-hydrogen) atoms. The van der Waals surface area contributed by atoms with Crippen molar-refractivity contribution in [2.45, 2.75) is 19.9 Å².